The van der Waals surface area contributed by atoms with Gasteiger partial charge in [-0.1, -0.05) is 12.1 Å². The lowest BCUT2D eigenvalue weighted by Gasteiger charge is -2.59. The third-order valence-electron chi connectivity index (χ3n) is 8.55. The zero-order chi connectivity index (χ0) is 22.3. The van der Waals surface area contributed by atoms with E-state index in [2.05, 4.69) is 12.2 Å². The molecule has 0 spiro atoms. The zero-order valence-corrected chi connectivity index (χ0v) is 19.0. The summed E-state index contributed by atoms with van der Waals surface area (Å²) in [6.45, 7) is 2.11. The van der Waals surface area contributed by atoms with Gasteiger partial charge in [-0.05, 0) is 98.9 Å². The third kappa shape index (κ3) is 2.84. The summed E-state index contributed by atoms with van der Waals surface area (Å²) in [4.78, 5) is 26.0. The number of ketones is 1. The molecule has 4 bridgehead atoms. The molecule has 2 aromatic carbocycles. The number of hydrogen-bond donors (Lipinski definition) is 1. The van der Waals surface area contributed by atoms with Gasteiger partial charge in [0.1, 0.15) is 0 Å². The molecule has 5 nitrogen and oxygen atoms in total. The van der Waals surface area contributed by atoms with E-state index in [1.54, 1.807) is 18.2 Å². The number of benzene rings is 2. The molecule has 0 radical (unpaired) electrons. The molecule has 166 valence electrons. The predicted molar refractivity (Wildman–Crippen MR) is 119 cm³/mol. The van der Waals surface area contributed by atoms with Gasteiger partial charge in [-0.15, -0.1) is 0 Å². The van der Waals surface area contributed by atoms with E-state index >= 15 is 0 Å². The first kappa shape index (κ1) is 20.2. The Morgan fingerprint density at radius 3 is 2.19 bits per heavy atom. The molecule has 6 heteroatoms. The van der Waals surface area contributed by atoms with Crippen LogP contribution in [0, 0.1) is 23.2 Å². The second-order valence-electron chi connectivity index (χ2n) is 10.5. The van der Waals surface area contributed by atoms with Crippen LogP contribution >= 0.6 is 0 Å². The average Bonchev–Trinajstić information content (AvgIpc) is 2.76. The van der Waals surface area contributed by atoms with Gasteiger partial charge >= 0.3 is 0 Å². The molecule has 1 heterocycles. The van der Waals surface area contributed by atoms with Crippen LogP contribution in [0.1, 0.15) is 71.7 Å². The van der Waals surface area contributed by atoms with E-state index in [-0.39, 0.29) is 49.6 Å². The Balaban J connectivity index is 1.29. The van der Waals surface area contributed by atoms with Gasteiger partial charge in [0, 0.05) is 22.7 Å². The lowest BCUT2D eigenvalue weighted by Crippen LogP contribution is -2.55. The molecule has 7 rings (SSSR count). The van der Waals surface area contributed by atoms with Gasteiger partial charge in [0.2, 0.25) is 9.84 Å². The Bertz CT molecular complexity index is 1230. The summed E-state index contributed by atoms with van der Waals surface area (Å²) in [6.07, 6.45) is 7.59. The minimum atomic E-state index is -3.86. The van der Waals surface area contributed by atoms with E-state index in [9.17, 15) is 18.0 Å². The second-order valence-corrected chi connectivity index (χ2v) is 12.4. The Labute approximate surface area is 188 Å². The number of nitrogens with one attached hydrogen (secondary N) is 1. The van der Waals surface area contributed by atoms with Gasteiger partial charge < -0.3 is 5.32 Å². The SMILES string of the molecule is C[C@H](NC(=O)c1ccc2c(c1)S(=O)(=O)c1ccccc1C2=O)C12CC3CC(CC(C3)C1)C2. The Morgan fingerprint density at radius 1 is 0.938 bits per heavy atom. The van der Waals surface area contributed by atoms with Crippen LogP contribution in [0.4, 0.5) is 0 Å². The van der Waals surface area contributed by atoms with Gasteiger partial charge in [0.05, 0.1) is 9.79 Å². The van der Waals surface area contributed by atoms with Crippen molar-refractivity contribution in [1.29, 1.82) is 0 Å². The summed E-state index contributed by atoms with van der Waals surface area (Å²) in [6, 6.07) is 10.7. The normalized spacial score (nSPS) is 32.2. The van der Waals surface area contributed by atoms with E-state index in [4.69, 9.17) is 0 Å². The molecule has 1 N–H and O–H groups in total. The summed E-state index contributed by atoms with van der Waals surface area (Å²) in [7, 11) is -3.86. The molecule has 5 aliphatic rings. The van der Waals surface area contributed by atoms with Gasteiger partial charge in [-0.2, -0.15) is 0 Å². The van der Waals surface area contributed by atoms with E-state index in [0.29, 0.717) is 0 Å². The van der Waals surface area contributed by atoms with Crippen molar-refractivity contribution >= 4 is 21.5 Å². The first-order valence-electron chi connectivity index (χ1n) is 11.6. The van der Waals surface area contributed by atoms with E-state index in [0.717, 1.165) is 17.8 Å². The van der Waals surface area contributed by atoms with E-state index < -0.39 is 9.84 Å². The van der Waals surface area contributed by atoms with Crippen LogP contribution in [-0.4, -0.2) is 26.2 Å². The molecule has 0 unspecified atom stereocenters. The van der Waals surface area contributed by atoms with Crippen molar-refractivity contribution in [2.45, 2.75) is 61.3 Å². The lowest BCUT2D eigenvalue weighted by molar-refractivity contribution is -0.0688. The summed E-state index contributed by atoms with van der Waals surface area (Å²) in [5.41, 5.74) is 0.776. The molecular weight excluding hydrogens is 422 g/mol. The summed E-state index contributed by atoms with van der Waals surface area (Å²) < 4.78 is 26.4. The number of carbonyl (C=O) groups is 2. The third-order valence-corrected chi connectivity index (χ3v) is 10.4. The summed E-state index contributed by atoms with van der Waals surface area (Å²) in [5.74, 6) is 1.79. The van der Waals surface area contributed by atoms with Crippen molar-refractivity contribution in [2.75, 3.05) is 0 Å². The standard InChI is InChI=1S/C26H27NO4S/c1-15(26-12-16-8-17(13-26)10-18(9-16)14-26)27-25(29)19-6-7-21-23(11-19)32(30,31)22-5-3-2-4-20(22)24(21)28/h2-7,11,15-18H,8-10,12-14H2,1H3,(H,27,29)/t15-,16?,17?,18?,26?/m0/s1. The predicted octanol–water partition coefficient (Wildman–Crippen LogP) is 4.40. The van der Waals surface area contributed by atoms with Crippen molar-refractivity contribution in [3.05, 3.63) is 59.2 Å². The molecular formula is C26H27NO4S. The van der Waals surface area contributed by atoms with E-state index in [1.165, 1.54) is 62.8 Å². The fraction of sp³-hybridized carbons (Fsp3) is 0.462. The molecule has 0 aromatic heterocycles. The largest absolute Gasteiger partial charge is 0.349 e. The average molecular weight is 450 g/mol. The van der Waals surface area contributed by atoms with Gasteiger partial charge in [-0.3, -0.25) is 9.59 Å². The molecule has 4 saturated carbocycles. The van der Waals surface area contributed by atoms with Crippen molar-refractivity contribution in [1.82, 2.24) is 5.32 Å². The number of rotatable bonds is 3. The minimum absolute atomic E-state index is 0.0111. The van der Waals surface area contributed by atoms with Crippen LogP contribution in [0.25, 0.3) is 0 Å². The molecule has 4 fully saturated rings. The van der Waals surface area contributed by atoms with E-state index in [1.807, 2.05) is 0 Å². The molecule has 1 aliphatic heterocycles. The van der Waals surface area contributed by atoms with Crippen molar-refractivity contribution in [3.8, 4) is 0 Å². The van der Waals surface area contributed by atoms with Crippen LogP contribution in [0.3, 0.4) is 0 Å². The van der Waals surface area contributed by atoms with Crippen LogP contribution in [0.2, 0.25) is 0 Å². The number of fused-ring (bicyclic) bond motifs is 2. The molecule has 2 aromatic rings. The highest BCUT2D eigenvalue weighted by Crippen LogP contribution is 2.61. The minimum Gasteiger partial charge on any atom is -0.349 e. The summed E-state index contributed by atoms with van der Waals surface area (Å²) in [5, 5.41) is 3.20. The summed E-state index contributed by atoms with van der Waals surface area (Å²) >= 11 is 0. The first-order chi connectivity index (χ1) is 15.3. The molecule has 1 atom stereocenters. The quantitative estimate of drug-likeness (QED) is 0.643. The highest BCUT2D eigenvalue weighted by Gasteiger charge is 2.53. The maximum atomic E-state index is 13.2. The van der Waals surface area contributed by atoms with Crippen LogP contribution in [-0.2, 0) is 9.84 Å². The highest BCUT2D eigenvalue weighted by atomic mass is 32.2. The van der Waals surface area contributed by atoms with Crippen LogP contribution in [0.15, 0.2) is 52.3 Å². The van der Waals surface area contributed by atoms with Gasteiger partial charge in [-0.25, -0.2) is 8.42 Å². The number of hydrogen-bond acceptors (Lipinski definition) is 4. The second kappa shape index (κ2) is 6.77. The molecule has 4 aliphatic carbocycles. The van der Waals surface area contributed by atoms with Crippen molar-refractivity contribution in [3.63, 3.8) is 0 Å². The molecule has 0 saturated heterocycles. The van der Waals surface area contributed by atoms with Crippen molar-refractivity contribution < 1.29 is 18.0 Å². The monoisotopic (exact) mass is 449 g/mol. The molecule has 1 amide bonds. The zero-order valence-electron chi connectivity index (χ0n) is 18.1. The Morgan fingerprint density at radius 2 is 1.53 bits per heavy atom. The number of amides is 1. The lowest BCUT2D eigenvalue weighted by atomic mass is 9.48. The smallest absolute Gasteiger partial charge is 0.251 e. The molecule has 32 heavy (non-hydrogen) atoms. The fourth-order valence-electron chi connectivity index (χ4n) is 7.37. The van der Waals surface area contributed by atoms with Gasteiger partial charge in [0.15, 0.2) is 5.78 Å². The maximum Gasteiger partial charge on any atom is 0.251 e. The van der Waals surface area contributed by atoms with Crippen molar-refractivity contribution in [2.24, 2.45) is 23.2 Å². The highest BCUT2D eigenvalue weighted by molar-refractivity contribution is 7.91. The number of sulfone groups is 1. The Kier molecular flexibility index (Phi) is 4.26. The van der Waals surface area contributed by atoms with Gasteiger partial charge in [0.25, 0.3) is 5.91 Å². The first-order valence-corrected chi connectivity index (χ1v) is 13.1. The Hall–Kier alpha value is -2.47. The number of carbonyl (C=O) groups excluding carboxylic acids is 2. The maximum absolute atomic E-state index is 13.2. The van der Waals surface area contributed by atoms with Crippen LogP contribution in [0.5, 0.6) is 0 Å². The van der Waals surface area contributed by atoms with Crippen LogP contribution < -0.4 is 5.32 Å². The fourth-order valence-corrected chi connectivity index (χ4v) is 9.04. The topological polar surface area (TPSA) is 80.3 Å².